The molecule has 0 amide bonds. The van der Waals surface area contributed by atoms with Crippen molar-refractivity contribution in [3.8, 4) is 0 Å². The summed E-state index contributed by atoms with van der Waals surface area (Å²) in [6, 6.07) is 11.3. The first-order valence-electron chi connectivity index (χ1n) is 6.29. The van der Waals surface area contributed by atoms with Gasteiger partial charge in [-0.1, -0.05) is 29.8 Å². The van der Waals surface area contributed by atoms with Gasteiger partial charge in [-0.2, -0.15) is 0 Å². The van der Waals surface area contributed by atoms with Gasteiger partial charge in [-0.3, -0.25) is 0 Å². The fraction of sp³-hybridized carbons (Fsp3) is 0.250. The summed E-state index contributed by atoms with van der Waals surface area (Å²) in [5.74, 6) is -0.833. The number of aryl methyl sites for hydroxylation is 1. The second-order valence-corrected chi connectivity index (χ2v) is 4.89. The number of hydrogen-bond donors (Lipinski definition) is 1. The molecule has 0 bridgehead atoms. The lowest BCUT2D eigenvalue weighted by Crippen LogP contribution is -2.26. The molecule has 2 N–H and O–H groups in total. The van der Waals surface area contributed by atoms with Gasteiger partial charge in [0, 0.05) is 6.04 Å². The Hall–Kier alpha value is -1.74. The van der Waals surface area contributed by atoms with Gasteiger partial charge >= 0.3 is 0 Å². The molecule has 2 aromatic carbocycles. The van der Waals surface area contributed by atoms with Crippen LogP contribution in [-0.4, -0.2) is 6.04 Å². The second-order valence-electron chi connectivity index (χ2n) is 4.89. The van der Waals surface area contributed by atoms with Gasteiger partial charge in [0.1, 0.15) is 11.6 Å². The van der Waals surface area contributed by atoms with Crippen LogP contribution >= 0.6 is 0 Å². The third-order valence-corrected chi connectivity index (χ3v) is 3.07. The van der Waals surface area contributed by atoms with Crippen molar-refractivity contribution < 1.29 is 8.78 Å². The minimum atomic E-state index is -0.431. The average Bonchev–Trinajstić information content (AvgIpc) is 2.34. The van der Waals surface area contributed by atoms with Crippen LogP contribution in [0.5, 0.6) is 0 Å². The molecule has 0 spiro atoms. The fourth-order valence-electron chi connectivity index (χ4n) is 2.20. The summed E-state index contributed by atoms with van der Waals surface area (Å²) in [4.78, 5) is 0. The van der Waals surface area contributed by atoms with E-state index in [1.165, 1.54) is 11.6 Å². The molecule has 0 aliphatic heterocycles. The molecule has 0 radical (unpaired) electrons. The van der Waals surface area contributed by atoms with Gasteiger partial charge in [-0.15, -0.1) is 0 Å². The Morgan fingerprint density at radius 3 is 2.58 bits per heavy atom. The molecule has 100 valence electrons. The Morgan fingerprint density at radius 1 is 1.05 bits per heavy atom. The summed E-state index contributed by atoms with van der Waals surface area (Å²) in [5, 5.41) is 0. The quantitative estimate of drug-likeness (QED) is 0.897. The minimum Gasteiger partial charge on any atom is -0.327 e. The maximum Gasteiger partial charge on any atom is 0.126 e. The summed E-state index contributed by atoms with van der Waals surface area (Å²) in [6.45, 7) is 2.02. The smallest absolute Gasteiger partial charge is 0.126 e. The lowest BCUT2D eigenvalue weighted by atomic mass is 9.98. The number of nitrogens with two attached hydrogens (primary N) is 1. The molecule has 0 aliphatic carbocycles. The van der Waals surface area contributed by atoms with E-state index in [1.807, 2.05) is 25.1 Å². The largest absolute Gasteiger partial charge is 0.327 e. The fourth-order valence-corrected chi connectivity index (χ4v) is 2.20. The van der Waals surface area contributed by atoms with Gasteiger partial charge in [0.15, 0.2) is 0 Å². The third kappa shape index (κ3) is 3.86. The topological polar surface area (TPSA) is 26.0 Å². The van der Waals surface area contributed by atoms with E-state index in [-0.39, 0.29) is 6.04 Å². The van der Waals surface area contributed by atoms with E-state index in [9.17, 15) is 8.78 Å². The van der Waals surface area contributed by atoms with Gasteiger partial charge in [0.2, 0.25) is 0 Å². The van der Waals surface area contributed by atoms with Crippen LogP contribution in [-0.2, 0) is 12.8 Å². The highest BCUT2D eigenvalue weighted by molar-refractivity contribution is 5.24. The van der Waals surface area contributed by atoms with Gasteiger partial charge in [-0.05, 0) is 49.1 Å². The predicted molar refractivity (Wildman–Crippen MR) is 72.9 cm³/mol. The first kappa shape index (κ1) is 13.7. The molecule has 0 heterocycles. The zero-order chi connectivity index (χ0) is 13.8. The Balaban J connectivity index is 2.05. The molecule has 1 nitrogen and oxygen atoms in total. The molecule has 3 heteroatoms. The molecule has 1 atom stereocenters. The van der Waals surface area contributed by atoms with Gasteiger partial charge in [0.25, 0.3) is 0 Å². The molecule has 1 unspecified atom stereocenters. The molecule has 19 heavy (non-hydrogen) atoms. The van der Waals surface area contributed by atoms with Crippen LogP contribution in [0.3, 0.4) is 0 Å². The van der Waals surface area contributed by atoms with Crippen LogP contribution in [0.2, 0.25) is 0 Å². The maximum absolute atomic E-state index is 13.5. The molecule has 2 rings (SSSR count). The van der Waals surface area contributed by atoms with Crippen LogP contribution in [0.4, 0.5) is 8.78 Å². The predicted octanol–water partition coefficient (Wildman–Crippen LogP) is 3.39. The lowest BCUT2D eigenvalue weighted by Gasteiger charge is -2.13. The monoisotopic (exact) mass is 261 g/mol. The van der Waals surface area contributed by atoms with Gasteiger partial charge in [0.05, 0.1) is 0 Å². The minimum absolute atomic E-state index is 0.224. The summed E-state index contributed by atoms with van der Waals surface area (Å²) < 4.78 is 26.6. The van der Waals surface area contributed by atoms with Crippen molar-refractivity contribution in [2.24, 2.45) is 5.73 Å². The Morgan fingerprint density at radius 2 is 1.84 bits per heavy atom. The number of rotatable bonds is 4. The summed E-state index contributed by atoms with van der Waals surface area (Å²) in [7, 11) is 0. The molecule has 0 fully saturated rings. The second kappa shape index (κ2) is 5.93. The van der Waals surface area contributed by atoms with E-state index in [0.717, 1.165) is 17.7 Å². The highest BCUT2D eigenvalue weighted by Gasteiger charge is 2.10. The molecule has 0 aliphatic rings. The zero-order valence-corrected chi connectivity index (χ0v) is 10.9. The number of hydrogen-bond acceptors (Lipinski definition) is 1. The van der Waals surface area contributed by atoms with Crippen molar-refractivity contribution in [3.63, 3.8) is 0 Å². The molecule has 0 saturated heterocycles. The standard InChI is InChI=1S/C16H17F2N/c1-11-3-2-4-12(7-11)8-15(19)10-13-9-14(17)5-6-16(13)18/h2-7,9,15H,8,10,19H2,1H3. The van der Waals surface area contributed by atoms with Crippen LogP contribution in [0.15, 0.2) is 42.5 Å². The molecule has 0 aromatic heterocycles. The lowest BCUT2D eigenvalue weighted by molar-refractivity contribution is 0.566. The van der Waals surface area contributed by atoms with Crippen LogP contribution < -0.4 is 5.73 Å². The van der Waals surface area contributed by atoms with E-state index in [2.05, 4.69) is 6.07 Å². The van der Waals surface area contributed by atoms with Crippen LogP contribution in [0.25, 0.3) is 0 Å². The Bertz CT molecular complexity index is 566. The summed E-state index contributed by atoms with van der Waals surface area (Å²) >= 11 is 0. The van der Waals surface area contributed by atoms with Crippen LogP contribution in [0.1, 0.15) is 16.7 Å². The maximum atomic E-state index is 13.5. The number of benzene rings is 2. The van der Waals surface area contributed by atoms with Crippen molar-refractivity contribution in [2.75, 3.05) is 0 Å². The third-order valence-electron chi connectivity index (χ3n) is 3.07. The number of halogens is 2. The van der Waals surface area contributed by atoms with E-state index in [4.69, 9.17) is 5.73 Å². The van der Waals surface area contributed by atoms with E-state index in [1.54, 1.807) is 0 Å². The highest BCUT2D eigenvalue weighted by Crippen LogP contribution is 2.14. The van der Waals surface area contributed by atoms with E-state index >= 15 is 0 Å². The summed E-state index contributed by atoms with van der Waals surface area (Å²) in [6.07, 6.45) is 0.981. The SMILES string of the molecule is Cc1cccc(CC(N)Cc2cc(F)ccc2F)c1. The van der Waals surface area contributed by atoms with Crippen molar-refractivity contribution >= 4 is 0 Å². The molecular weight excluding hydrogens is 244 g/mol. The Labute approximate surface area is 112 Å². The van der Waals surface area contributed by atoms with Crippen LogP contribution in [0, 0.1) is 18.6 Å². The van der Waals surface area contributed by atoms with Gasteiger partial charge < -0.3 is 5.73 Å². The van der Waals surface area contributed by atoms with E-state index in [0.29, 0.717) is 18.4 Å². The highest BCUT2D eigenvalue weighted by atomic mass is 19.1. The first-order valence-corrected chi connectivity index (χ1v) is 6.29. The normalized spacial score (nSPS) is 12.4. The van der Waals surface area contributed by atoms with Crippen molar-refractivity contribution in [1.82, 2.24) is 0 Å². The van der Waals surface area contributed by atoms with Crippen molar-refractivity contribution in [2.45, 2.75) is 25.8 Å². The zero-order valence-electron chi connectivity index (χ0n) is 10.9. The van der Waals surface area contributed by atoms with Crippen molar-refractivity contribution in [3.05, 3.63) is 70.8 Å². The van der Waals surface area contributed by atoms with Crippen molar-refractivity contribution in [1.29, 1.82) is 0 Å². The Kier molecular flexibility index (Phi) is 4.27. The first-order chi connectivity index (χ1) is 9.04. The molecular formula is C16H17F2N. The van der Waals surface area contributed by atoms with E-state index < -0.39 is 11.6 Å². The average molecular weight is 261 g/mol. The molecule has 0 saturated carbocycles. The summed E-state index contributed by atoms with van der Waals surface area (Å²) in [5.41, 5.74) is 8.63. The van der Waals surface area contributed by atoms with Gasteiger partial charge in [-0.25, -0.2) is 8.78 Å². The molecule has 2 aromatic rings.